The number of rotatable bonds is 6. The highest BCUT2D eigenvalue weighted by molar-refractivity contribution is 5.78. The zero-order valence-corrected chi connectivity index (χ0v) is 11.7. The molecule has 1 atom stereocenters. The van der Waals surface area contributed by atoms with E-state index in [9.17, 15) is 9.59 Å². The molecule has 1 aliphatic rings. The smallest absolute Gasteiger partial charge is 0.312 e. The Hall–Kier alpha value is -2.04. The Morgan fingerprint density at radius 3 is 2.65 bits per heavy atom. The Morgan fingerprint density at radius 2 is 2.05 bits per heavy atom. The van der Waals surface area contributed by atoms with Crippen molar-refractivity contribution in [3.05, 3.63) is 35.4 Å². The lowest BCUT2D eigenvalue weighted by molar-refractivity contribution is -0.121. The maximum atomic E-state index is 11.9. The summed E-state index contributed by atoms with van der Waals surface area (Å²) in [6, 6.07) is 6.67. The lowest BCUT2D eigenvalue weighted by atomic mass is 9.98. The van der Waals surface area contributed by atoms with E-state index in [1.807, 2.05) is 31.2 Å². The van der Waals surface area contributed by atoms with Crippen LogP contribution in [-0.2, 0) is 4.79 Å². The highest BCUT2D eigenvalue weighted by atomic mass is 16.2. The molecule has 5 heteroatoms. The molecule has 4 N–H and O–H groups in total. The monoisotopic (exact) mass is 275 g/mol. The Balaban J connectivity index is 2.00. The van der Waals surface area contributed by atoms with Crippen LogP contribution < -0.4 is 16.4 Å². The molecule has 1 fully saturated rings. The lowest BCUT2D eigenvalue weighted by Crippen LogP contribution is -2.37. The number of hydrogen-bond donors (Lipinski definition) is 3. The molecule has 0 heterocycles. The normalized spacial score (nSPS) is 15.4. The number of aryl methyl sites for hydroxylation is 1. The van der Waals surface area contributed by atoms with Gasteiger partial charge in [0.1, 0.15) is 0 Å². The van der Waals surface area contributed by atoms with Gasteiger partial charge in [0.25, 0.3) is 0 Å². The van der Waals surface area contributed by atoms with Crippen LogP contribution in [0.2, 0.25) is 0 Å². The Kier molecular flexibility index (Phi) is 4.61. The van der Waals surface area contributed by atoms with Gasteiger partial charge >= 0.3 is 6.03 Å². The first-order valence-electron chi connectivity index (χ1n) is 6.94. The van der Waals surface area contributed by atoms with Crippen LogP contribution >= 0.6 is 0 Å². The van der Waals surface area contributed by atoms with Gasteiger partial charge in [-0.25, -0.2) is 4.79 Å². The molecule has 0 radical (unpaired) electrons. The third-order valence-corrected chi connectivity index (χ3v) is 3.55. The summed E-state index contributed by atoms with van der Waals surface area (Å²) in [5.41, 5.74) is 7.16. The van der Waals surface area contributed by atoms with Gasteiger partial charge < -0.3 is 16.4 Å². The highest BCUT2D eigenvalue weighted by Gasteiger charge is 2.23. The highest BCUT2D eigenvalue weighted by Crippen LogP contribution is 2.27. The summed E-state index contributed by atoms with van der Waals surface area (Å²) in [7, 11) is 0. The van der Waals surface area contributed by atoms with Crippen molar-refractivity contribution in [3.63, 3.8) is 0 Å². The Morgan fingerprint density at radius 1 is 1.35 bits per heavy atom. The number of nitrogens with one attached hydrogen (secondary N) is 2. The Bertz CT molecular complexity index is 498. The van der Waals surface area contributed by atoms with Crippen LogP contribution in [0.3, 0.4) is 0 Å². The fourth-order valence-electron chi connectivity index (χ4n) is 2.23. The largest absolute Gasteiger partial charge is 0.356 e. The molecule has 0 saturated heterocycles. The van der Waals surface area contributed by atoms with Gasteiger partial charge in [-0.1, -0.05) is 24.3 Å². The van der Waals surface area contributed by atoms with Crippen LogP contribution in [0.15, 0.2) is 24.3 Å². The van der Waals surface area contributed by atoms with E-state index < -0.39 is 6.03 Å². The van der Waals surface area contributed by atoms with E-state index in [1.165, 1.54) is 12.8 Å². The van der Waals surface area contributed by atoms with Crippen molar-refractivity contribution in [1.82, 2.24) is 10.6 Å². The van der Waals surface area contributed by atoms with Gasteiger partial charge in [0.2, 0.25) is 5.91 Å². The molecule has 0 aliphatic heterocycles. The number of urea groups is 1. The van der Waals surface area contributed by atoms with E-state index in [4.69, 9.17) is 5.73 Å². The molecule has 20 heavy (non-hydrogen) atoms. The first-order valence-corrected chi connectivity index (χ1v) is 6.94. The molecule has 3 amide bonds. The minimum Gasteiger partial charge on any atom is -0.356 e. The quantitative estimate of drug-likeness (QED) is 0.737. The average Bonchev–Trinajstić information content (AvgIpc) is 3.19. The molecule has 1 aromatic carbocycles. The number of benzene rings is 1. The van der Waals surface area contributed by atoms with Crippen molar-refractivity contribution in [1.29, 1.82) is 0 Å². The van der Waals surface area contributed by atoms with Crippen LogP contribution in [0, 0.1) is 12.8 Å². The Labute approximate surface area is 118 Å². The fraction of sp³-hybridized carbons (Fsp3) is 0.467. The predicted molar refractivity (Wildman–Crippen MR) is 77.0 cm³/mol. The van der Waals surface area contributed by atoms with Crippen molar-refractivity contribution in [2.24, 2.45) is 11.7 Å². The SMILES string of the molecule is Cc1ccccc1C(CC(=O)NCC1CC1)NC(N)=O. The number of primary amides is 1. The topological polar surface area (TPSA) is 84.2 Å². The molecule has 0 aromatic heterocycles. The number of amides is 3. The van der Waals surface area contributed by atoms with Crippen molar-refractivity contribution in [2.45, 2.75) is 32.2 Å². The molecule has 1 unspecified atom stereocenters. The lowest BCUT2D eigenvalue weighted by Gasteiger charge is -2.19. The molecular weight excluding hydrogens is 254 g/mol. The van der Waals surface area contributed by atoms with Crippen LogP contribution in [0.5, 0.6) is 0 Å². The fourth-order valence-corrected chi connectivity index (χ4v) is 2.23. The van der Waals surface area contributed by atoms with Crippen molar-refractivity contribution in [3.8, 4) is 0 Å². The third-order valence-electron chi connectivity index (χ3n) is 3.55. The first-order chi connectivity index (χ1) is 9.56. The summed E-state index contributed by atoms with van der Waals surface area (Å²) in [6.45, 7) is 2.68. The van der Waals surface area contributed by atoms with E-state index in [-0.39, 0.29) is 18.4 Å². The van der Waals surface area contributed by atoms with E-state index in [0.717, 1.165) is 17.7 Å². The summed E-state index contributed by atoms with van der Waals surface area (Å²) in [6.07, 6.45) is 2.60. The van der Waals surface area contributed by atoms with Gasteiger partial charge in [0, 0.05) is 6.54 Å². The van der Waals surface area contributed by atoms with Gasteiger partial charge in [0.05, 0.1) is 12.5 Å². The second-order valence-corrected chi connectivity index (χ2v) is 5.37. The minimum atomic E-state index is -0.617. The van der Waals surface area contributed by atoms with E-state index >= 15 is 0 Å². The summed E-state index contributed by atoms with van der Waals surface area (Å²) in [4.78, 5) is 23.1. The molecule has 1 saturated carbocycles. The van der Waals surface area contributed by atoms with E-state index in [0.29, 0.717) is 5.92 Å². The molecule has 1 aliphatic carbocycles. The number of hydrogen-bond acceptors (Lipinski definition) is 2. The van der Waals surface area contributed by atoms with Crippen molar-refractivity contribution < 1.29 is 9.59 Å². The average molecular weight is 275 g/mol. The molecule has 0 bridgehead atoms. The summed E-state index contributed by atoms with van der Waals surface area (Å²) >= 11 is 0. The maximum Gasteiger partial charge on any atom is 0.312 e. The van der Waals surface area contributed by atoms with E-state index in [2.05, 4.69) is 10.6 Å². The van der Waals surface area contributed by atoms with Crippen LogP contribution in [0.4, 0.5) is 4.79 Å². The molecule has 2 rings (SSSR count). The third kappa shape index (κ3) is 4.26. The molecule has 1 aromatic rings. The molecule has 108 valence electrons. The second kappa shape index (κ2) is 6.41. The van der Waals surface area contributed by atoms with Gasteiger partial charge in [-0.15, -0.1) is 0 Å². The second-order valence-electron chi connectivity index (χ2n) is 5.37. The molecular formula is C15H21N3O2. The van der Waals surface area contributed by atoms with Crippen LogP contribution in [0.1, 0.15) is 36.4 Å². The zero-order chi connectivity index (χ0) is 14.5. The standard InChI is InChI=1S/C15H21N3O2/c1-10-4-2-3-5-12(10)13(18-15(16)20)8-14(19)17-9-11-6-7-11/h2-5,11,13H,6-9H2,1H3,(H,17,19)(H3,16,18,20). The van der Waals surface area contributed by atoms with Crippen LogP contribution in [-0.4, -0.2) is 18.5 Å². The first kappa shape index (κ1) is 14.4. The van der Waals surface area contributed by atoms with Gasteiger partial charge in [-0.05, 0) is 36.8 Å². The van der Waals surface area contributed by atoms with Crippen molar-refractivity contribution in [2.75, 3.05) is 6.54 Å². The van der Waals surface area contributed by atoms with Crippen LogP contribution in [0.25, 0.3) is 0 Å². The maximum absolute atomic E-state index is 11.9. The predicted octanol–water partition coefficient (Wildman–Crippen LogP) is 1.62. The van der Waals surface area contributed by atoms with Gasteiger partial charge in [-0.2, -0.15) is 0 Å². The van der Waals surface area contributed by atoms with E-state index in [1.54, 1.807) is 0 Å². The molecule has 0 spiro atoms. The van der Waals surface area contributed by atoms with Crippen molar-refractivity contribution >= 4 is 11.9 Å². The number of carbonyl (C=O) groups excluding carboxylic acids is 2. The number of carbonyl (C=O) groups is 2. The summed E-state index contributed by atoms with van der Waals surface area (Å²) in [5.74, 6) is 0.582. The van der Waals surface area contributed by atoms with Gasteiger partial charge in [0.15, 0.2) is 0 Å². The summed E-state index contributed by atoms with van der Waals surface area (Å²) in [5, 5.41) is 5.56. The minimum absolute atomic E-state index is 0.0566. The zero-order valence-electron chi connectivity index (χ0n) is 11.7. The van der Waals surface area contributed by atoms with Gasteiger partial charge in [-0.3, -0.25) is 4.79 Å². The number of nitrogens with two attached hydrogens (primary N) is 1. The summed E-state index contributed by atoms with van der Waals surface area (Å²) < 4.78 is 0. The molecule has 5 nitrogen and oxygen atoms in total.